The molecule has 0 aliphatic heterocycles. The van der Waals surface area contributed by atoms with Crippen LogP contribution in [-0.4, -0.2) is 4.98 Å². The molecule has 74 valence electrons. The van der Waals surface area contributed by atoms with E-state index in [1.807, 2.05) is 19.1 Å². The van der Waals surface area contributed by atoms with E-state index < -0.39 is 0 Å². The van der Waals surface area contributed by atoms with Crippen LogP contribution in [0.4, 0.5) is 0 Å². The van der Waals surface area contributed by atoms with Gasteiger partial charge in [-0.1, -0.05) is 23.2 Å². The number of rotatable bonds is 0. The Labute approximate surface area is 97.1 Å². The van der Waals surface area contributed by atoms with E-state index in [1.54, 1.807) is 6.07 Å². The van der Waals surface area contributed by atoms with E-state index >= 15 is 0 Å². The quantitative estimate of drug-likeness (QED) is 0.700. The van der Waals surface area contributed by atoms with Gasteiger partial charge in [0.05, 0.1) is 16.1 Å². The Balaban J connectivity index is 2.89. The maximum absolute atomic E-state index is 8.80. The predicted molar refractivity (Wildman–Crippen MR) is 61.2 cm³/mol. The van der Waals surface area contributed by atoms with Gasteiger partial charge >= 0.3 is 0 Å². The van der Waals surface area contributed by atoms with Crippen LogP contribution in [0.15, 0.2) is 18.3 Å². The number of pyridine rings is 1. The minimum absolute atomic E-state index is 0.380. The maximum atomic E-state index is 8.80. The van der Waals surface area contributed by atoms with Gasteiger partial charge in [0.15, 0.2) is 0 Å². The van der Waals surface area contributed by atoms with Crippen LogP contribution in [0.2, 0.25) is 10.0 Å². The molecule has 0 atom stereocenters. The Hall–Kier alpha value is -1.30. The molecule has 2 nitrogen and oxygen atoms in total. The second-order valence-corrected chi connectivity index (χ2v) is 4.00. The van der Waals surface area contributed by atoms with Crippen LogP contribution in [0.25, 0.3) is 10.9 Å². The molecule has 15 heavy (non-hydrogen) atoms. The summed E-state index contributed by atoms with van der Waals surface area (Å²) in [5.74, 6) is 0. The van der Waals surface area contributed by atoms with Gasteiger partial charge < -0.3 is 0 Å². The third kappa shape index (κ3) is 1.65. The van der Waals surface area contributed by atoms with Crippen LogP contribution in [-0.2, 0) is 0 Å². The zero-order valence-electron chi connectivity index (χ0n) is 7.88. The first-order valence-corrected chi connectivity index (χ1v) is 5.03. The lowest BCUT2D eigenvalue weighted by molar-refractivity contribution is 1.36. The van der Waals surface area contributed by atoms with Crippen molar-refractivity contribution in [2.45, 2.75) is 6.92 Å². The zero-order valence-corrected chi connectivity index (χ0v) is 9.39. The van der Waals surface area contributed by atoms with E-state index in [1.165, 1.54) is 6.20 Å². The normalized spacial score (nSPS) is 10.3. The van der Waals surface area contributed by atoms with Crippen molar-refractivity contribution in [3.8, 4) is 6.07 Å². The Morgan fingerprint density at radius 3 is 2.73 bits per heavy atom. The molecule has 0 spiro atoms. The van der Waals surface area contributed by atoms with Gasteiger partial charge in [-0.25, -0.2) is 0 Å². The standard InChI is InChI=1S/C11H6Cl2N2/c1-6-2-8-10(3-9(6)12)15-5-7(4-14)11(8)13/h2-3,5H,1H3. The largest absolute Gasteiger partial charge is 0.255 e. The molecule has 0 bridgehead atoms. The first-order chi connectivity index (χ1) is 7.13. The van der Waals surface area contributed by atoms with Gasteiger partial charge in [0.1, 0.15) is 6.07 Å². The number of nitrogens with zero attached hydrogens (tertiary/aromatic N) is 2. The van der Waals surface area contributed by atoms with Crippen molar-refractivity contribution < 1.29 is 0 Å². The highest BCUT2D eigenvalue weighted by atomic mass is 35.5. The lowest BCUT2D eigenvalue weighted by atomic mass is 10.1. The van der Waals surface area contributed by atoms with Gasteiger partial charge in [-0.15, -0.1) is 0 Å². The zero-order chi connectivity index (χ0) is 11.0. The lowest BCUT2D eigenvalue weighted by Crippen LogP contribution is -1.86. The van der Waals surface area contributed by atoms with E-state index in [2.05, 4.69) is 4.98 Å². The van der Waals surface area contributed by atoms with Gasteiger partial charge in [0.2, 0.25) is 0 Å². The smallest absolute Gasteiger partial charge is 0.102 e. The molecule has 0 saturated carbocycles. The van der Waals surface area contributed by atoms with E-state index in [9.17, 15) is 0 Å². The topological polar surface area (TPSA) is 36.7 Å². The molecule has 1 aromatic heterocycles. The van der Waals surface area contributed by atoms with Crippen molar-refractivity contribution in [1.29, 1.82) is 5.26 Å². The highest BCUT2D eigenvalue weighted by Crippen LogP contribution is 2.29. The summed E-state index contributed by atoms with van der Waals surface area (Å²) in [5, 5.41) is 10.6. The van der Waals surface area contributed by atoms with E-state index in [0.29, 0.717) is 21.1 Å². The molecule has 2 aromatic rings. The van der Waals surface area contributed by atoms with Crippen molar-refractivity contribution in [2.75, 3.05) is 0 Å². The summed E-state index contributed by atoms with van der Waals surface area (Å²) >= 11 is 12.0. The van der Waals surface area contributed by atoms with Crippen molar-refractivity contribution in [1.82, 2.24) is 4.98 Å². The summed E-state index contributed by atoms with van der Waals surface area (Å²) < 4.78 is 0. The first kappa shape index (κ1) is 10.2. The van der Waals surface area contributed by atoms with Gasteiger partial charge in [-0.05, 0) is 24.6 Å². The summed E-state index contributed by atoms with van der Waals surface area (Å²) in [6.07, 6.45) is 1.45. The summed E-state index contributed by atoms with van der Waals surface area (Å²) in [7, 11) is 0. The SMILES string of the molecule is Cc1cc2c(Cl)c(C#N)cnc2cc1Cl. The number of fused-ring (bicyclic) bond motifs is 1. The number of hydrogen-bond acceptors (Lipinski definition) is 2. The van der Waals surface area contributed by atoms with Crippen molar-refractivity contribution >= 4 is 34.1 Å². The van der Waals surface area contributed by atoms with Crippen LogP contribution in [0.3, 0.4) is 0 Å². The molecular weight excluding hydrogens is 231 g/mol. The Bertz CT molecular complexity index is 585. The van der Waals surface area contributed by atoms with E-state index in [0.717, 1.165) is 10.9 Å². The van der Waals surface area contributed by atoms with Crippen molar-refractivity contribution in [2.24, 2.45) is 0 Å². The molecule has 0 aliphatic carbocycles. The molecule has 0 saturated heterocycles. The van der Waals surface area contributed by atoms with Gasteiger partial charge in [0.25, 0.3) is 0 Å². The van der Waals surface area contributed by atoms with Crippen LogP contribution in [0.5, 0.6) is 0 Å². The third-order valence-corrected chi connectivity index (χ3v) is 3.02. The number of nitriles is 1. The van der Waals surface area contributed by atoms with Crippen LogP contribution < -0.4 is 0 Å². The summed E-state index contributed by atoms with van der Waals surface area (Å²) in [5.41, 5.74) is 2.00. The molecule has 0 unspecified atom stereocenters. The highest BCUT2D eigenvalue weighted by Gasteiger charge is 2.08. The summed E-state index contributed by atoms with van der Waals surface area (Å²) in [4.78, 5) is 4.12. The number of aromatic nitrogens is 1. The highest BCUT2D eigenvalue weighted by molar-refractivity contribution is 6.37. The Morgan fingerprint density at radius 2 is 2.07 bits per heavy atom. The summed E-state index contributed by atoms with van der Waals surface area (Å²) in [6.45, 7) is 1.89. The molecule has 0 aliphatic rings. The van der Waals surface area contributed by atoms with Crippen molar-refractivity contribution in [3.05, 3.63) is 39.5 Å². The average Bonchev–Trinajstić information content (AvgIpc) is 2.22. The third-order valence-electron chi connectivity index (χ3n) is 2.20. The van der Waals surface area contributed by atoms with Crippen LogP contribution >= 0.6 is 23.2 Å². The fourth-order valence-corrected chi connectivity index (χ4v) is 1.77. The molecule has 0 fully saturated rings. The molecular formula is C11H6Cl2N2. The van der Waals surface area contributed by atoms with E-state index in [-0.39, 0.29) is 0 Å². The molecule has 1 heterocycles. The molecule has 2 rings (SSSR count). The van der Waals surface area contributed by atoms with Gasteiger partial charge in [-0.2, -0.15) is 5.26 Å². The Kier molecular flexibility index (Phi) is 2.52. The molecule has 1 aromatic carbocycles. The summed E-state index contributed by atoms with van der Waals surface area (Å²) in [6, 6.07) is 5.58. The number of halogens is 2. The van der Waals surface area contributed by atoms with Crippen LogP contribution in [0.1, 0.15) is 11.1 Å². The molecule has 0 amide bonds. The Morgan fingerprint density at radius 1 is 1.33 bits per heavy atom. The number of aryl methyl sites for hydroxylation is 1. The van der Waals surface area contributed by atoms with E-state index in [4.69, 9.17) is 28.5 Å². The lowest BCUT2D eigenvalue weighted by Gasteiger charge is -2.04. The molecule has 0 N–H and O–H groups in total. The molecule has 4 heteroatoms. The minimum atomic E-state index is 0.380. The first-order valence-electron chi connectivity index (χ1n) is 4.28. The molecule has 0 radical (unpaired) electrons. The maximum Gasteiger partial charge on any atom is 0.102 e. The second-order valence-electron chi connectivity index (χ2n) is 3.22. The van der Waals surface area contributed by atoms with Crippen LogP contribution in [0, 0.1) is 18.3 Å². The van der Waals surface area contributed by atoms with Gasteiger partial charge in [0, 0.05) is 16.6 Å². The number of benzene rings is 1. The minimum Gasteiger partial charge on any atom is -0.255 e. The van der Waals surface area contributed by atoms with Crippen molar-refractivity contribution in [3.63, 3.8) is 0 Å². The fourth-order valence-electron chi connectivity index (χ4n) is 1.37. The fraction of sp³-hybridized carbons (Fsp3) is 0.0909. The predicted octanol–water partition coefficient (Wildman–Crippen LogP) is 3.72. The van der Waals surface area contributed by atoms with Gasteiger partial charge in [-0.3, -0.25) is 4.98 Å². The monoisotopic (exact) mass is 236 g/mol. The average molecular weight is 237 g/mol. The number of hydrogen-bond donors (Lipinski definition) is 0. The second kappa shape index (κ2) is 3.69.